The summed E-state index contributed by atoms with van der Waals surface area (Å²) in [5.74, 6) is 0.552. The van der Waals surface area contributed by atoms with Crippen molar-refractivity contribution in [1.82, 2.24) is 0 Å². The van der Waals surface area contributed by atoms with Gasteiger partial charge in [-0.1, -0.05) is 31.9 Å². The molecule has 5 nitrogen and oxygen atoms in total. The quantitative estimate of drug-likeness (QED) is 0.110. The van der Waals surface area contributed by atoms with Gasteiger partial charge in [-0.05, 0) is 63.5 Å². The van der Waals surface area contributed by atoms with Gasteiger partial charge >= 0.3 is 6.36 Å². The van der Waals surface area contributed by atoms with Gasteiger partial charge in [0.1, 0.15) is 17.2 Å². The first-order valence-corrected chi connectivity index (χ1v) is 12.4. The Morgan fingerprint density at radius 1 is 1.03 bits per heavy atom. The lowest BCUT2D eigenvalue weighted by Crippen LogP contribution is -2.30. The predicted molar refractivity (Wildman–Crippen MR) is 139 cm³/mol. The van der Waals surface area contributed by atoms with Crippen LogP contribution in [0.4, 0.5) is 13.2 Å². The second kappa shape index (κ2) is 13.5. The molecule has 0 amide bonds. The summed E-state index contributed by atoms with van der Waals surface area (Å²) in [5.41, 5.74) is 0.941. The van der Waals surface area contributed by atoms with Crippen LogP contribution in [-0.2, 0) is 16.0 Å². The Labute approximate surface area is 217 Å². The molecular weight excluding hydrogens is 485 g/mol. The van der Waals surface area contributed by atoms with Gasteiger partial charge in [0.05, 0.1) is 18.8 Å². The third-order valence-corrected chi connectivity index (χ3v) is 5.96. The van der Waals surface area contributed by atoms with E-state index >= 15 is 0 Å². The molecule has 1 atom stereocenters. The number of alkyl halides is 3. The number of unbranched alkanes of at least 4 members (excludes halogenated alkanes) is 2. The molecule has 2 aromatic rings. The topological polar surface area (TPSA) is 54.0 Å². The van der Waals surface area contributed by atoms with Crippen molar-refractivity contribution < 1.29 is 36.9 Å². The number of aryl methyl sites for hydroxylation is 1. The molecule has 37 heavy (non-hydrogen) atoms. The molecule has 2 rings (SSSR count). The normalized spacial score (nSPS) is 13.3. The van der Waals surface area contributed by atoms with Crippen molar-refractivity contribution in [2.75, 3.05) is 14.2 Å². The number of rotatable bonds is 14. The van der Waals surface area contributed by atoms with Gasteiger partial charge in [0.25, 0.3) is 0 Å². The third-order valence-electron chi connectivity index (χ3n) is 5.96. The lowest BCUT2D eigenvalue weighted by atomic mass is 9.98. The number of ether oxygens (including phenoxy) is 4. The first-order chi connectivity index (χ1) is 17.4. The van der Waals surface area contributed by atoms with Gasteiger partial charge in [-0.2, -0.15) is 0 Å². The minimum absolute atomic E-state index is 0.0292. The zero-order valence-corrected chi connectivity index (χ0v) is 22.4. The Morgan fingerprint density at radius 2 is 1.76 bits per heavy atom. The number of carbonyl (C=O) groups is 1. The predicted octanol–water partition coefficient (Wildman–Crippen LogP) is 7.65. The Morgan fingerprint density at radius 3 is 2.35 bits per heavy atom. The summed E-state index contributed by atoms with van der Waals surface area (Å²) in [6.07, 6.45) is 1.04. The average molecular weight is 523 g/mol. The Bertz CT molecular complexity index is 1060. The summed E-state index contributed by atoms with van der Waals surface area (Å²) >= 11 is 0. The molecule has 0 aromatic heterocycles. The van der Waals surface area contributed by atoms with E-state index in [1.54, 1.807) is 31.4 Å². The van der Waals surface area contributed by atoms with Crippen molar-refractivity contribution in [2.45, 2.75) is 77.9 Å². The van der Waals surface area contributed by atoms with Gasteiger partial charge < -0.3 is 18.9 Å². The lowest BCUT2D eigenvalue weighted by molar-refractivity contribution is -0.274. The fourth-order valence-electron chi connectivity index (χ4n) is 4.03. The van der Waals surface area contributed by atoms with Gasteiger partial charge in [-0.25, -0.2) is 0 Å². The van der Waals surface area contributed by atoms with Gasteiger partial charge in [-0.15, -0.1) is 13.2 Å². The van der Waals surface area contributed by atoms with Crippen molar-refractivity contribution in [1.29, 1.82) is 0 Å². The van der Waals surface area contributed by atoms with Gasteiger partial charge in [0.15, 0.2) is 6.29 Å². The summed E-state index contributed by atoms with van der Waals surface area (Å²) in [5, 5.41) is 0. The number of aldehydes is 1. The molecule has 0 heterocycles. The molecule has 204 valence electrons. The van der Waals surface area contributed by atoms with Crippen LogP contribution in [-0.4, -0.2) is 38.6 Å². The van der Waals surface area contributed by atoms with E-state index in [-0.39, 0.29) is 22.8 Å². The molecule has 2 aromatic carbocycles. The Balaban J connectivity index is 2.39. The van der Waals surface area contributed by atoms with Crippen LogP contribution in [0.3, 0.4) is 0 Å². The number of methoxy groups -OCH3 is 2. The van der Waals surface area contributed by atoms with Gasteiger partial charge in [-0.3, -0.25) is 4.79 Å². The van der Waals surface area contributed by atoms with Crippen LogP contribution in [0.15, 0.2) is 36.4 Å². The van der Waals surface area contributed by atoms with Crippen LogP contribution in [0.2, 0.25) is 0 Å². The molecule has 0 bridgehead atoms. The van der Waals surface area contributed by atoms with Crippen LogP contribution in [0.25, 0.3) is 11.6 Å². The number of benzene rings is 2. The van der Waals surface area contributed by atoms with E-state index in [1.807, 2.05) is 20.8 Å². The molecule has 0 saturated carbocycles. The summed E-state index contributed by atoms with van der Waals surface area (Å²) in [6, 6.07) is 9.65. The largest absolute Gasteiger partial charge is 0.573 e. The van der Waals surface area contributed by atoms with Crippen LogP contribution < -0.4 is 14.2 Å². The molecule has 0 N–H and O–H groups in total. The summed E-state index contributed by atoms with van der Waals surface area (Å²) in [7, 11) is 3.12. The second-order valence-corrected chi connectivity index (χ2v) is 9.55. The minimum atomic E-state index is -4.89. The zero-order valence-electron chi connectivity index (χ0n) is 22.4. The van der Waals surface area contributed by atoms with Crippen molar-refractivity contribution >= 4 is 17.9 Å². The molecule has 0 radical (unpaired) electrons. The highest BCUT2D eigenvalue weighted by Gasteiger charge is 2.32. The fraction of sp³-hybridized carbons (Fsp3) is 0.483. The summed E-state index contributed by atoms with van der Waals surface area (Å²) < 4.78 is 60.8. The molecule has 0 aliphatic carbocycles. The van der Waals surface area contributed by atoms with E-state index < -0.39 is 12.1 Å². The number of hydrogen-bond donors (Lipinski definition) is 0. The maximum absolute atomic E-state index is 13.2. The van der Waals surface area contributed by atoms with Gasteiger partial charge in [0, 0.05) is 36.3 Å². The molecule has 0 spiro atoms. The molecule has 8 heteroatoms. The van der Waals surface area contributed by atoms with Crippen LogP contribution in [0.5, 0.6) is 17.2 Å². The number of allylic oxidation sites excluding steroid dienone is 1. The van der Waals surface area contributed by atoms with E-state index in [2.05, 4.69) is 11.7 Å². The van der Waals surface area contributed by atoms with E-state index in [4.69, 9.17) is 14.2 Å². The standard InChI is InChI=1S/C29H37F3O5/c1-7-8-9-10-21-11-14-25(27(15-21)37-29(30,31)32)23(19-33)16-22-12-13-24(17-26(22)34-5)36-20(2)18-28(3,4)35-6/h11-17,19-20H,7-10,18H2,1-6H3/b23-16+. The number of carbonyl (C=O) groups excluding carboxylic acids is 1. The van der Waals surface area contributed by atoms with Crippen molar-refractivity contribution in [3.05, 3.63) is 53.1 Å². The van der Waals surface area contributed by atoms with Crippen molar-refractivity contribution in [3.63, 3.8) is 0 Å². The van der Waals surface area contributed by atoms with E-state index in [1.165, 1.54) is 25.3 Å². The smallest absolute Gasteiger partial charge is 0.496 e. The SMILES string of the molecule is CCCCCc1ccc(/C(C=O)=C/c2ccc(OC(C)CC(C)(C)OC)cc2OC)c(OC(F)(F)F)c1. The first kappa shape index (κ1) is 30.2. The summed E-state index contributed by atoms with van der Waals surface area (Å²) in [6.45, 7) is 7.92. The minimum Gasteiger partial charge on any atom is -0.496 e. The van der Waals surface area contributed by atoms with Crippen molar-refractivity contribution in [2.24, 2.45) is 0 Å². The second-order valence-electron chi connectivity index (χ2n) is 9.55. The third kappa shape index (κ3) is 9.76. The first-order valence-electron chi connectivity index (χ1n) is 12.4. The van der Waals surface area contributed by atoms with Crippen molar-refractivity contribution in [3.8, 4) is 17.2 Å². The highest BCUT2D eigenvalue weighted by atomic mass is 19.4. The fourth-order valence-corrected chi connectivity index (χ4v) is 4.03. The average Bonchev–Trinajstić information content (AvgIpc) is 2.82. The molecule has 1 unspecified atom stereocenters. The molecule has 0 aliphatic rings. The molecule has 0 fully saturated rings. The number of hydrogen-bond acceptors (Lipinski definition) is 5. The molecule has 0 aliphatic heterocycles. The van der Waals surface area contributed by atoms with Gasteiger partial charge in [0.2, 0.25) is 0 Å². The molecule has 0 saturated heterocycles. The number of halogens is 3. The highest BCUT2D eigenvalue weighted by Crippen LogP contribution is 2.35. The maximum atomic E-state index is 13.2. The molecular formula is C29H37F3O5. The summed E-state index contributed by atoms with van der Waals surface area (Å²) in [4.78, 5) is 12.0. The van der Waals surface area contributed by atoms with E-state index in [0.717, 1.165) is 19.3 Å². The van der Waals surface area contributed by atoms with E-state index in [0.29, 0.717) is 41.8 Å². The van der Waals surface area contributed by atoms with Crippen LogP contribution in [0, 0.1) is 0 Å². The Hall–Kier alpha value is -3.00. The lowest BCUT2D eigenvalue weighted by Gasteiger charge is -2.27. The highest BCUT2D eigenvalue weighted by molar-refractivity contribution is 6.14. The zero-order chi connectivity index (χ0) is 27.6. The van der Waals surface area contributed by atoms with Crippen LogP contribution >= 0.6 is 0 Å². The van der Waals surface area contributed by atoms with E-state index in [9.17, 15) is 18.0 Å². The Kier molecular flexibility index (Phi) is 11.0. The maximum Gasteiger partial charge on any atom is 0.573 e. The van der Waals surface area contributed by atoms with Crippen LogP contribution in [0.1, 0.15) is 70.1 Å². The monoisotopic (exact) mass is 522 g/mol.